The van der Waals surface area contributed by atoms with Gasteiger partial charge in [0.2, 0.25) is 0 Å². The summed E-state index contributed by atoms with van der Waals surface area (Å²) in [5, 5.41) is 0. The minimum atomic E-state index is -3.00. The highest BCUT2D eigenvalue weighted by molar-refractivity contribution is 7.90. The summed E-state index contributed by atoms with van der Waals surface area (Å²) in [6.07, 6.45) is 1.22. The smallest absolute Gasteiger partial charge is 0.149 e. The fraction of sp³-hybridized carbons (Fsp3) is 0.500. The number of hydrogen-bond donors (Lipinski definition) is 1. The predicted molar refractivity (Wildman–Crippen MR) is 82.6 cm³/mol. The van der Waals surface area contributed by atoms with Crippen LogP contribution in [-0.2, 0) is 9.84 Å². The molecule has 0 amide bonds. The van der Waals surface area contributed by atoms with E-state index in [4.69, 9.17) is 18.0 Å². The van der Waals surface area contributed by atoms with Gasteiger partial charge in [0, 0.05) is 31.2 Å². The molecule has 1 rings (SSSR count). The first-order chi connectivity index (χ1) is 8.61. The van der Waals surface area contributed by atoms with Crippen LogP contribution in [0.25, 0.3) is 0 Å². The molecule has 0 aromatic carbocycles. The van der Waals surface area contributed by atoms with Crippen molar-refractivity contribution in [3.05, 3.63) is 23.0 Å². The SMILES string of the molecule is Cc1cc(N(C)CCS(C)(=O)=O)c(C(N)=S)c(C)n1. The first-order valence-corrected chi connectivity index (χ1v) is 8.25. The van der Waals surface area contributed by atoms with E-state index >= 15 is 0 Å². The van der Waals surface area contributed by atoms with Crippen molar-refractivity contribution in [2.24, 2.45) is 5.73 Å². The van der Waals surface area contributed by atoms with E-state index in [1.54, 1.807) is 0 Å². The highest BCUT2D eigenvalue weighted by atomic mass is 32.2. The minimum Gasteiger partial charge on any atom is -0.389 e. The third-order valence-electron chi connectivity index (χ3n) is 2.76. The molecule has 5 nitrogen and oxygen atoms in total. The van der Waals surface area contributed by atoms with Gasteiger partial charge in [-0.15, -0.1) is 0 Å². The molecule has 1 aromatic rings. The monoisotopic (exact) mass is 301 g/mol. The number of pyridine rings is 1. The largest absolute Gasteiger partial charge is 0.389 e. The number of hydrogen-bond acceptors (Lipinski definition) is 5. The van der Waals surface area contributed by atoms with Crippen LogP contribution in [0.15, 0.2) is 6.07 Å². The molecule has 0 aliphatic rings. The fourth-order valence-corrected chi connectivity index (χ4v) is 2.69. The summed E-state index contributed by atoms with van der Waals surface area (Å²) in [4.78, 5) is 6.45. The van der Waals surface area contributed by atoms with E-state index in [1.165, 1.54) is 6.26 Å². The first-order valence-electron chi connectivity index (χ1n) is 5.78. The summed E-state index contributed by atoms with van der Waals surface area (Å²) >= 11 is 5.05. The van der Waals surface area contributed by atoms with Gasteiger partial charge in [0.15, 0.2) is 0 Å². The van der Waals surface area contributed by atoms with Crippen LogP contribution in [0.2, 0.25) is 0 Å². The molecule has 0 unspecified atom stereocenters. The number of nitrogens with two attached hydrogens (primary N) is 1. The maximum absolute atomic E-state index is 11.2. The predicted octanol–water partition coefficient (Wildman–Crippen LogP) is 0.813. The average Bonchev–Trinajstić information content (AvgIpc) is 2.22. The molecule has 1 aromatic heterocycles. The van der Waals surface area contributed by atoms with Gasteiger partial charge in [0.05, 0.1) is 17.0 Å². The number of sulfone groups is 1. The Morgan fingerprint density at radius 3 is 2.53 bits per heavy atom. The van der Waals surface area contributed by atoms with Crippen LogP contribution in [0, 0.1) is 13.8 Å². The Bertz CT molecular complexity index is 597. The lowest BCUT2D eigenvalue weighted by Crippen LogP contribution is -2.28. The maximum atomic E-state index is 11.2. The van der Waals surface area contributed by atoms with E-state index in [0.29, 0.717) is 12.1 Å². The van der Waals surface area contributed by atoms with E-state index in [9.17, 15) is 8.42 Å². The van der Waals surface area contributed by atoms with Crippen molar-refractivity contribution in [1.29, 1.82) is 0 Å². The second-order valence-corrected chi connectivity index (χ2v) is 7.36. The molecule has 0 saturated heterocycles. The van der Waals surface area contributed by atoms with Crippen LogP contribution in [0.5, 0.6) is 0 Å². The highest BCUT2D eigenvalue weighted by Crippen LogP contribution is 2.23. The number of aromatic nitrogens is 1. The standard InChI is InChI=1S/C12H19N3O2S2/c1-8-7-10(11(12(13)18)9(2)14-8)15(3)5-6-19(4,16)17/h7H,5-6H2,1-4H3,(H2,13,18). The number of rotatable bonds is 5. The van der Waals surface area contributed by atoms with Crippen molar-refractivity contribution in [2.75, 3.05) is 30.5 Å². The Morgan fingerprint density at radius 2 is 2.05 bits per heavy atom. The molecular weight excluding hydrogens is 282 g/mol. The Kier molecular flexibility index (Phi) is 4.86. The second-order valence-electron chi connectivity index (χ2n) is 4.66. The fourth-order valence-electron chi connectivity index (χ4n) is 1.84. The Morgan fingerprint density at radius 1 is 1.47 bits per heavy atom. The van der Waals surface area contributed by atoms with E-state index in [0.717, 1.165) is 17.1 Å². The summed E-state index contributed by atoms with van der Waals surface area (Å²) in [5.41, 5.74) is 8.86. The van der Waals surface area contributed by atoms with Gasteiger partial charge in [-0.2, -0.15) is 0 Å². The summed E-state index contributed by atoms with van der Waals surface area (Å²) in [6, 6.07) is 1.86. The molecule has 0 fully saturated rings. The van der Waals surface area contributed by atoms with E-state index < -0.39 is 9.84 Å². The molecule has 1 heterocycles. The molecule has 19 heavy (non-hydrogen) atoms. The van der Waals surface area contributed by atoms with Crippen LogP contribution < -0.4 is 10.6 Å². The molecule has 0 bridgehead atoms. The van der Waals surface area contributed by atoms with Crippen LogP contribution in [0.1, 0.15) is 17.0 Å². The van der Waals surface area contributed by atoms with Crippen molar-refractivity contribution < 1.29 is 8.42 Å². The summed E-state index contributed by atoms with van der Waals surface area (Å²) in [6.45, 7) is 4.11. The zero-order chi connectivity index (χ0) is 14.8. The van der Waals surface area contributed by atoms with Gasteiger partial charge in [-0.05, 0) is 19.9 Å². The maximum Gasteiger partial charge on any atom is 0.149 e. The minimum absolute atomic E-state index is 0.0840. The zero-order valence-corrected chi connectivity index (χ0v) is 13.2. The molecule has 0 atom stereocenters. The molecule has 0 aliphatic carbocycles. The number of nitrogens with zero attached hydrogens (tertiary/aromatic N) is 2. The second kappa shape index (κ2) is 5.83. The van der Waals surface area contributed by atoms with Gasteiger partial charge in [-0.1, -0.05) is 12.2 Å². The van der Waals surface area contributed by atoms with E-state index in [2.05, 4.69) is 4.98 Å². The molecule has 0 spiro atoms. The molecule has 0 aliphatic heterocycles. The van der Waals surface area contributed by atoms with Gasteiger partial charge >= 0.3 is 0 Å². The topological polar surface area (TPSA) is 76.3 Å². The molecule has 0 saturated carbocycles. The Labute approximate surface area is 119 Å². The number of anilines is 1. The van der Waals surface area contributed by atoms with Crippen molar-refractivity contribution in [1.82, 2.24) is 4.98 Å². The molecule has 2 N–H and O–H groups in total. The van der Waals surface area contributed by atoms with Gasteiger partial charge in [-0.3, -0.25) is 4.98 Å². The average molecular weight is 301 g/mol. The molecular formula is C12H19N3O2S2. The lowest BCUT2D eigenvalue weighted by Gasteiger charge is -2.23. The van der Waals surface area contributed by atoms with Crippen molar-refractivity contribution in [3.8, 4) is 0 Å². The van der Waals surface area contributed by atoms with Crippen molar-refractivity contribution >= 4 is 32.7 Å². The Hall–Kier alpha value is -1.21. The third-order valence-corrected chi connectivity index (χ3v) is 3.89. The first kappa shape index (κ1) is 15.8. The van der Waals surface area contributed by atoms with Crippen LogP contribution in [0.3, 0.4) is 0 Å². The van der Waals surface area contributed by atoms with Crippen LogP contribution in [0.4, 0.5) is 5.69 Å². The normalized spacial score (nSPS) is 11.4. The molecule has 7 heteroatoms. The number of aryl methyl sites for hydroxylation is 2. The van der Waals surface area contributed by atoms with Gasteiger partial charge in [0.1, 0.15) is 14.8 Å². The number of thiocarbonyl (C=S) groups is 1. The summed E-state index contributed by atoms with van der Waals surface area (Å²) in [5.74, 6) is 0.0840. The quantitative estimate of drug-likeness (QED) is 0.811. The van der Waals surface area contributed by atoms with Gasteiger partial charge in [0.25, 0.3) is 0 Å². The lowest BCUT2D eigenvalue weighted by atomic mass is 10.1. The van der Waals surface area contributed by atoms with E-state index in [-0.39, 0.29) is 10.7 Å². The zero-order valence-electron chi connectivity index (χ0n) is 11.6. The molecule has 0 radical (unpaired) electrons. The van der Waals surface area contributed by atoms with E-state index in [1.807, 2.05) is 31.9 Å². The van der Waals surface area contributed by atoms with Gasteiger partial charge in [-0.25, -0.2) is 8.42 Å². The summed E-state index contributed by atoms with van der Waals surface area (Å²) < 4.78 is 22.5. The van der Waals surface area contributed by atoms with Crippen molar-refractivity contribution in [3.63, 3.8) is 0 Å². The van der Waals surface area contributed by atoms with Crippen LogP contribution in [-0.4, -0.2) is 44.0 Å². The third kappa shape index (κ3) is 4.43. The highest BCUT2D eigenvalue weighted by Gasteiger charge is 2.15. The van der Waals surface area contributed by atoms with Crippen molar-refractivity contribution in [2.45, 2.75) is 13.8 Å². The van der Waals surface area contributed by atoms with Crippen LogP contribution >= 0.6 is 12.2 Å². The lowest BCUT2D eigenvalue weighted by molar-refractivity contribution is 0.601. The van der Waals surface area contributed by atoms with Gasteiger partial charge < -0.3 is 10.6 Å². The Balaban J connectivity index is 3.14. The summed E-state index contributed by atoms with van der Waals surface area (Å²) in [7, 11) is -1.18. The molecule has 106 valence electrons.